The van der Waals surface area contributed by atoms with Crippen LogP contribution in [0.3, 0.4) is 0 Å². The van der Waals surface area contributed by atoms with E-state index in [9.17, 15) is 5.11 Å². The van der Waals surface area contributed by atoms with Crippen molar-refractivity contribution in [2.24, 2.45) is 5.92 Å². The Morgan fingerprint density at radius 3 is 2.93 bits per heavy atom. The molecule has 0 radical (unpaired) electrons. The highest BCUT2D eigenvalue weighted by Crippen LogP contribution is 2.20. The fourth-order valence-electron chi connectivity index (χ4n) is 2.18. The third-order valence-electron chi connectivity index (χ3n) is 2.81. The van der Waals surface area contributed by atoms with Crippen molar-refractivity contribution >= 4 is 0 Å². The first-order chi connectivity index (χ1) is 6.74. The van der Waals surface area contributed by atoms with Gasteiger partial charge in [0.05, 0.1) is 0 Å². The molecule has 1 aliphatic rings. The predicted molar refractivity (Wildman–Crippen MR) is 57.5 cm³/mol. The van der Waals surface area contributed by atoms with Gasteiger partial charge in [-0.1, -0.05) is 6.07 Å². The van der Waals surface area contributed by atoms with E-state index >= 15 is 0 Å². The molecule has 1 aromatic carbocycles. The first-order valence-corrected chi connectivity index (χ1v) is 5.24. The average molecular weight is 191 g/mol. The van der Waals surface area contributed by atoms with E-state index in [-0.39, 0.29) is 0 Å². The summed E-state index contributed by atoms with van der Waals surface area (Å²) < 4.78 is 0. The number of hydrogen-bond donors (Lipinski definition) is 2. The van der Waals surface area contributed by atoms with Crippen LogP contribution in [0.4, 0.5) is 0 Å². The van der Waals surface area contributed by atoms with Gasteiger partial charge >= 0.3 is 0 Å². The molecule has 1 fully saturated rings. The molecule has 0 saturated carbocycles. The predicted octanol–water partition coefficient (Wildman–Crippen LogP) is 1.85. The molecule has 1 saturated heterocycles. The van der Waals surface area contributed by atoms with E-state index in [1.807, 2.05) is 13.0 Å². The van der Waals surface area contributed by atoms with Crippen LogP contribution in [0.25, 0.3) is 0 Å². The number of hydrogen-bond acceptors (Lipinski definition) is 2. The maximum absolute atomic E-state index is 9.45. The minimum Gasteiger partial charge on any atom is -0.508 e. The van der Waals surface area contributed by atoms with Gasteiger partial charge in [0.25, 0.3) is 0 Å². The van der Waals surface area contributed by atoms with Gasteiger partial charge in [0, 0.05) is 0 Å². The standard InChI is InChI=1S/C12H17NO/c1-9-4-11(7-12(14)5-9)6-10-2-3-13-8-10/h4-5,7,10,13-14H,2-3,6,8H2,1H3. The topological polar surface area (TPSA) is 32.3 Å². The van der Waals surface area contributed by atoms with Gasteiger partial charge in [0.15, 0.2) is 0 Å². The summed E-state index contributed by atoms with van der Waals surface area (Å²) in [5.41, 5.74) is 2.40. The molecule has 0 aliphatic carbocycles. The number of aromatic hydroxyl groups is 1. The maximum Gasteiger partial charge on any atom is 0.116 e. The number of phenols is 1. The summed E-state index contributed by atoms with van der Waals surface area (Å²) in [6, 6.07) is 5.85. The third kappa shape index (κ3) is 2.26. The van der Waals surface area contributed by atoms with E-state index in [1.54, 1.807) is 6.07 Å². The highest BCUT2D eigenvalue weighted by Gasteiger charge is 2.14. The Labute approximate surface area is 85.0 Å². The Balaban J connectivity index is 2.07. The number of nitrogens with one attached hydrogen (secondary N) is 1. The minimum atomic E-state index is 0.394. The highest BCUT2D eigenvalue weighted by atomic mass is 16.3. The first-order valence-electron chi connectivity index (χ1n) is 5.24. The Hall–Kier alpha value is -1.02. The molecule has 1 aliphatic heterocycles. The van der Waals surface area contributed by atoms with Crippen molar-refractivity contribution in [2.75, 3.05) is 13.1 Å². The van der Waals surface area contributed by atoms with E-state index in [2.05, 4.69) is 11.4 Å². The number of rotatable bonds is 2. The lowest BCUT2D eigenvalue weighted by Gasteiger charge is -2.09. The number of phenolic OH excluding ortho intramolecular Hbond substituents is 1. The monoisotopic (exact) mass is 191 g/mol. The van der Waals surface area contributed by atoms with E-state index in [4.69, 9.17) is 0 Å². The van der Waals surface area contributed by atoms with Crippen molar-refractivity contribution in [2.45, 2.75) is 19.8 Å². The smallest absolute Gasteiger partial charge is 0.116 e. The fourth-order valence-corrected chi connectivity index (χ4v) is 2.18. The maximum atomic E-state index is 9.45. The average Bonchev–Trinajstić information content (AvgIpc) is 2.54. The second-order valence-electron chi connectivity index (χ2n) is 4.24. The van der Waals surface area contributed by atoms with E-state index in [0.29, 0.717) is 5.75 Å². The lowest BCUT2D eigenvalue weighted by atomic mass is 9.97. The zero-order chi connectivity index (χ0) is 9.97. The Kier molecular flexibility index (Phi) is 2.73. The molecule has 76 valence electrons. The van der Waals surface area contributed by atoms with Crippen LogP contribution in [-0.4, -0.2) is 18.2 Å². The van der Waals surface area contributed by atoms with Gasteiger partial charge in [-0.2, -0.15) is 0 Å². The molecule has 2 nitrogen and oxygen atoms in total. The van der Waals surface area contributed by atoms with Crippen molar-refractivity contribution in [3.8, 4) is 5.75 Å². The molecule has 1 aromatic rings. The number of benzene rings is 1. The van der Waals surface area contributed by atoms with Crippen LogP contribution < -0.4 is 5.32 Å². The summed E-state index contributed by atoms with van der Waals surface area (Å²) >= 11 is 0. The summed E-state index contributed by atoms with van der Waals surface area (Å²) in [4.78, 5) is 0. The molecule has 0 spiro atoms. The normalized spacial score (nSPS) is 21.4. The van der Waals surface area contributed by atoms with Crippen LogP contribution in [0.15, 0.2) is 18.2 Å². The van der Waals surface area contributed by atoms with Crippen molar-refractivity contribution < 1.29 is 5.11 Å². The molecule has 1 unspecified atom stereocenters. The van der Waals surface area contributed by atoms with Crippen molar-refractivity contribution in [1.29, 1.82) is 0 Å². The summed E-state index contributed by atoms with van der Waals surface area (Å²) in [5, 5.41) is 12.8. The SMILES string of the molecule is Cc1cc(O)cc(CC2CCNC2)c1. The van der Waals surface area contributed by atoms with Gasteiger partial charge in [-0.15, -0.1) is 0 Å². The quantitative estimate of drug-likeness (QED) is 0.747. The second kappa shape index (κ2) is 4.01. The Morgan fingerprint density at radius 2 is 2.29 bits per heavy atom. The van der Waals surface area contributed by atoms with Crippen LogP contribution >= 0.6 is 0 Å². The van der Waals surface area contributed by atoms with Crippen LogP contribution in [0.1, 0.15) is 17.5 Å². The summed E-state index contributed by atoms with van der Waals surface area (Å²) in [6.07, 6.45) is 2.34. The first kappa shape index (κ1) is 9.53. The Bertz CT molecular complexity index is 296. The largest absolute Gasteiger partial charge is 0.508 e. The van der Waals surface area contributed by atoms with E-state index in [0.717, 1.165) is 31.0 Å². The van der Waals surface area contributed by atoms with Crippen LogP contribution in [0.5, 0.6) is 5.75 Å². The third-order valence-corrected chi connectivity index (χ3v) is 2.81. The van der Waals surface area contributed by atoms with E-state index in [1.165, 1.54) is 12.0 Å². The fraction of sp³-hybridized carbons (Fsp3) is 0.500. The molecule has 2 heteroatoms. The van der Waals surface area contributed by atoms with Gasteiger partial charge in [0.2, 0.25) is 0 Å². The summed E-state index contributed by atoms with van der Waals surface area (Å²) in [7, 11) is 0. The zero-order valence-corrected chi connectivity index (χ0v) is 8.59. The lowest BCUT2D eigenvalue weighted by Crippen LogP contribution is -2.10. The number of aryl methyl sites for hydroxylation is 1. The lowest BCUT2D eigenvalue weighted by molar-refractivity contribution is 0.473. The molecule has 0 bridgehead atoms. The highest BCUT2D eigenvalue weighted by molar-refractivity contribution is 5.33. The van der Waals surface area contributed by atoms with Crippen LogP contribution in [-0.2, 0) is 6.42 Å². The molecule has 14 heavy (non-hydrogen) atoms. The minimum absolute atomic E-state index is 0.394. The van der Waals surface area contributed by atoms with Crippen molar-refractivity contribution in [3.05, 3.63) is 29.3 Å². The van der Waals surface area contributed by atoms with Crippen LogP contribution in [0, 0.1) is 12.8 Å². The molecule has 2 rings (SSSR count). The summed E-state index contributed by atoms with van der Waals surface area (Å²) in [6.45, 7) is 4.29. The molecule has 0 amide bonds. The van der Waals surface area contributed by atoms with Gasteiger partial charge in [-0.25, -0.2) is 0 Å². The van der Waals surface area contributed by atoms with Crippen LogP contribution in [0.2, 0.25) is 0 Å². The van der Waals surface area contributed by atoms with Gasteiger partial charge < -0.3 is 10.4 Å². The Morgan fingerprint density at radius 1 is 1.43 bits per heavy atom. The van der Waals surface area contributed by atoms with E-state index < -0.39 is 0 Å². The molecule has 0 aromatic heterocycles. The van der Waals surface area contributed by atoms with Gasteiger partial charge in [-0.05, 0) is 62.0 Å². The molecule has 1 atom stereocenters. The molecule has 2 N–H and O–H groups in total. The molecular formula is C12H17NO. The second-order valence-corrected chi connectivity index (χ2v) is 4.24. The summed E-state index contributed by atoms with van der Waals surface area (Å²) in [5.74, 6) is 1.14. The molecule has 1 heterocycles. The van der Waals surface area contributed by atoms with Crippen molar-refractivity contribution in [1.82, 2.24) is 5.32 Å². The van der Waals surface area contributed by atoms with Gasteiger partial charge in [0.1, 0.15) is 5.75 Å². The van der Waals surface area contributed by atoms with Crippen molar-refractivity contribution in [3.63, 3.8) is 0 Å². The zero-order valence-electron chi connectivity index (χ0n) is 8.59. The van der Waals surface area contributed by atoms with Gasteiger partial charge in [-0.3, -0.25) is 0 Å². The molecular weight excluding hydrogens is 174 g/mol.